The summed E-state index contributed by atoms with van der Waals surface area (Å²) in [4.78, 5) is 0. The molecule has 1 aromatic carbocycles. The summed E-state index contributed by atoms with van der Waals surface area (Å²) in [5.74, 6) is 3.33. The number of ether oxygens (including phenoxy) is 1. The molecule has 2 N–H and O–H groups in total. The van der Waals surface area contributed by atoms with E-state index < -0.39 is 0 Å². The van der Waals surface area contributed by atoms with Gasteiger partial charge in [-0.25, -0.2) is 0 Å². The summed E-state index contributed by atoms with van der Waals surface area (Å²) in [5, 5.41) is 12.8. The lowest BCUT2D eigenvalue weighted by atomic mass is 10.1. The maximum atomic E-state index is 9.56. The largest absolute Gasteiger partial charge is 0.504 e. The van der Waals surface area contributed by atoms with Gasteiger partial charge in [0.2, 0.25) is 0 Å². The Kier molecular flexibility index (Phi) is 4.42. The summed E-state index contributed by atoms with van der Waals surface area (Å²) in [7, 11) is 0. The molecule has 1 aromatic rings. The molecule has 0 bridgehead atoms. The van der Waals surface area contributed by atoms with Gasteiger partial charge in [0, 0.05) is 6.54 Å². The van der Waals surface area contributed by atoms with E-state index in [0.29, 0.717) is 18.9 Å². The van der Waals surface area contributed by atoms with Crippen LogP contribution in [0.2, 0.25) is 0 Å². The molecule has 92 valence electrons. The van der Waals surface area contributed by atoms with Gasteiger partial charge in [-0.3, -0.25) is 5.32 Å². The lowest BCUT2D eigenvalue weighted by Gasteiger charge is -2.19. The molecule has 17 heavy (non-hydrogen) atoms. The monoisotopic (exact) mass is 233 g/mol. The summed E-state index contributed by atoms with van der Waals surface area (Å²) < 4.78 is 5.32. The van der Waals surface area contributed by atoms with Gasteiger partial charge in [0.1, 0.15) is 0 Å². The molecule has 0 aromatic heterocycles. The van der Waals surface area contributed by atoms with Gasteiger partial charge in [-0.05, 0) is 38.5 Å². The van der Waals surface area contributed by atoms with Gasteiger partial charge in [-0.1, -0.05) is 12.0 Å². The molecule has 0 saturated heterocycles. The topological polar surface area (TPSA) is 41.5 Å². The zero-order chi connectivity index (χ0) is 12.9. The minimum Gasteiger partial charge on any atom is -0.504 e. The van der Waals surface area contributed by atoms with Crippen LogP contribution in [-0.2, 0) is 6.54 Å². The van der Waals surface area contributed by atoms with Crippen molar-refractivity contribution in [2.45, 2.75) is 32.9 Å². The van der Waals surface area contributed by atoms with Gasteiger partial charge < -0.3 is 9.84 Å². The van der Waals surface area contributed by atoms with E-state index in [9.17, 15) is 5.11 Å². The lowest BCUT2D eigenvalue weighted by molar-refractivity contribution is 0.317. The number of phenols is 1. The minimum absolute atomic E-state index is 0.159. The quantitative estimate of drug-likeness (QED) is 0.767. The van der Waals surface area contributed by atoms with Crippen molar-refractivity contribution in [3.8, 4) is 23.8 Å². The second-order valence-corrected chi connectivity index (χ2v) is 4.36. The first-order chi connectivity index (χ1) is 7.98. The molecule has 0 saturated carbocycles. The Hall–Kier alpha value is -1.66. The van der Waals surface area contributed by atoms with Gasteiger partial charge in [0.25, 0.3) is 0 Å². The van der Waals surface area contributed by atoms with Crippen molar-refractivity contribution in [2.24, 2.45) is 0 Å². The summed E-state index contributed by atoms with van der Waals surface area (Å²) in [6.07, 6.45) is 5.39. The molecular formula is C14H19NO2. The van der Waals surface area contributed by atoms with E-state index in [1.54, 1.807) is 6.07 Å². The predicted octanol–water partition coefficient (Wildman–Crippen LogP) is 2.29. The van der Waals surface area contributed by atoms with Crippen LogP contribution in [0.1, 0.15) is 26.3 Å². The Bertz CT molecular complexity index is 419. The fourth-order valence-electron chi connectivity index (χ4n) is 1.31. The smallest absolute Gasteiger partial charge is 0.161 e. The Morgan fingerprint density at radius 2 is 2.18 bits per heavy atom. The average molecular weight is 233 g/mol. The van der Waals surface area contributed by atoms with Crippen molar-refractivity contribution in [2.75, 3.05) is 6.61 Å². The number of hydrogen-bond donors (Lipinski definition) is 2. The highest BCUT2D eigenvalue weighted by Crippen LogP contribution is 2.26. The first-order valence-corrected chi connectivity index (χ1v) is 5.66. The Labute approximate surface area is 103 Å². The van der Waals surface area contributed by atoms with Crippen LogP contribution >= 0.6 is 0 Å². The lowest BCUT2D eigenvalue weighted by Crippen LogP contribution is -2.36. The van der Waals surface area contributed by atoms with Gasteiger partial charge in [0.05, 0.1) is 12.1 Å². The van der Waals surface area contributed by atoms with E-state index in [1.807, 2.05) is 32.9 Å². The zero-order valence-corrected chi connectivity index (χ0v) is 10.6. The normalized spacial score (nSPS) is 10.9. The molecular weight excluding hydrogens is 214 g/mol. The van der Waals surface area contributed by atoms with Crippen molar-refractivity contribution in [1.82, 2.24) is 5.32 Å². The first kappa shape index (κ1) is 13.4. The molecule has 0 amide bonds. The van der Waals surface area contributed by atoms with Crippen LogP contribution < -0.4 is 10.1 Å². The van der Waals surface area contributed by atoms with E-state index in [-0.39, 0.29) is 11.3 Å². The molecule has 0 aliphatic carbocycles. The summed E-state index contributed by atoms with van der Waals surface area (Å²) in [6.45, 7) is 6.93. The van der Waals surface area contributed by atoms with Crippen LogP contribution in [0.4, 0.5) is 0 Å². The maximum absolute atomic E-state index is 9.56. The standard InChI is InChI=1S/C14H19NO2/c1-5-14(3,4)15-10-11-7-8-12(16)13(9-11)17-6-2/h1,7-9,15-16H,6,10H2,2-4H3. The molecule has 3 nitrogen and oxygen atoms in total. The number of terminal acetylenes is 1. The van der Waals surface area contributed by atoms with E-state index in [1.165, 1.54) is 0 Å². The van der Waals surface area contributed by atoms with Crippen molar-refractivity contribution < 1.29 is 9.84 Å². The van der Waals surface area contributed by atoms with Gasteiger partial charge in [-0.2, -0.15) is 0 Å². The van der Waals surface area contributed by atoms with E-state index in [2.05, 4.69) is 11.2 Å². The number of aromatic hydroxyl groups is 1. The van der Waals surface area contributed by atoms with Crippen LogP contribution in [0.5, 0.6) is 11.5 Å². The number of hydrogen-bond acceptors (Lipinski definition) is 3. The fourth-order valence-corrected chi connectivity index (χ4v) is 1.31. The van der Waals surface area contributed by atoms with Crippen LogP contribution in [0.3, 0.4) is 0 Å². The van der Waals surface area contributed by atoms with Crippen molar-refractivity contribution in [1.29, 1.82) is 0 Å². The number of nitrogens with one attached hydrogen (secondary N) is 1. The second-order valence-electron chi connectivity index (χ2n) is 4.36. The highest BCUT2D eigenvalue weighted by Gasteiger charge is 2.12. The van der Waals surface area contributed by atoms with Crippen LogP contribution in [0, 0.1) is 12.3 Å². The van der Waals surface area contributed by atoms with Gasteiger partial charge in [0.15, 0.2) is 11.5 Å². The number of benzene rings is 1. The summed E-state index contributed by atoms with van der Waals surface area (Å²) in [5.41, 5.74) is 0.679. The predicted molar refractivity (Wildman–Crippen MR) is 69.0 cm³/mol. The molecule has 0 heterocycles. The highest BCUT2D eigenvalue weighted by atomic mass is 16.5. The van der Waals surface area contributed by atoms with E-state index >= 15 is 0 Å². The van der Waals surface area contributed by atoms with Crippen molar-refractivity contribution in [3.05, 3.63) is 23.8 Å². The zero-order valence-electron chi connectivity index (χ0n) is 10.6. The molecule has 0 aliphatic rings. The second kappa shape index (κ2) is 5.60. The van der Waals surface area contributed by atoms with Gasteiger partial charge >= 0.3 is 0 Å². The highest BCUT2D eigenvalue weighted by molar-refractivity contribution is 5.41. The molecule has 3 heteroatoms. The molecule has 0 spiro atoms. The molecule has 0 fully saturated rings. The minimum atomic E-state index is -0.344. The van der Waals surface area contributed by atoms with E-state index in [4.69, 9.17) is 11.2 Å². The Balaban J connectivity index is 2.73. The number of rotatable bonds is 5. The third-order valence-corrected chi connectivity index (χ3v) is 2.42. The number of phenolic OH excluding ortho intramolecular Hbond substituents is 1. The Morgan fingerprint density at radius 3 is 2.76 bits per heavy atom. The summed E-state index contributed by atoms with van der Waals surface area (Å²) >= 11 is 0. The molecule has 0 aliphatic heterocycles. The Morgan fingerprint density at radius 1 is 1.47 bits per heavy atom. The van der Waals surface area contributed by atoms with Crippen LogP contribution in [0.25, 0.3) is 0 Å². The third-order valence-electron chi connectivity index (χ3n) is 2.42. The molecule has 0 unspecified atom stereocenters. The SMILES string of the molecule is C#CC(C)(C)NCc1ccc(O)c(OCC)c1. The molecule has 1 rings (SSSR count). The van der Waals surface area contributed by atoms with Crippen LogP contribution in [-0.4, -0.2) is 17.3 Å². The van der Waals surface area contributed by atoms with E-state index in [0.717, 1.165) is 5.56 Å². The summed E-state index contributed by atoms with van der Waals surface area (Å²) in [6, 6.07) is 5.29. The third kappa shape index (κ3) is 4.01. The first-order valence-electron chi connectivity index (χ1n) is 5.66. The molecule has 0 radical (unpaired) electrons. The van der Waals surface area contributed by atoms with Crippen molar-refractivity contribution >= 4 is 0 Å². The van der Waals surface area contributed by atoms with Gasteiger partial charge in [-0.15, -0.1) is 6.42 Å². The fraction of sp³-hybridized carbons (Fsp3) is 0.429. The maximum Gasteiger partial charge on any atom is 0.161 e. The van der Waals surface area contributed by atoms with Crippen LogP contribution in [0.15, 0.2) is 18.2 Å². The average Bonchev–Trinajstić information content (AvgIpc) is 2.31. The molecule has 0 atom stereocenters. The van der Waals surface area contributed by atoms with Crippen molar-refractivity contribution in [3.63, 3.8) is 0 Å².